The molecule has 0 aliphatic heterocycles. The minimum absolute atomic E-state index is 0.263. The summed E-state index contributed by atoms with van der Waals surface area (Å²) in [4.78, 5) is 11.3. The normalized spacial score (nSPS) is 11.4. The van der Waals surface area contributed by atoms with Crippen LogP contribution in [0.5, 0.6) is 0 Å². The summed E-state index contributed by atoms with van der Waals surface area (Å²) in [5, 5.41) is 4.46. The molecule has 6 heteroatoms. The van der Waals surface area contributed by atoms with Crippen LogP contribution in [0.4, 0.5) is 4.39 Å². The molecule has 0 amide bonds. The van der Waals surface area contributed by atoms with E-state index in [-0.39, 0.29) is 5.82 Å². The summed E-state index contributed by atoms with van der Waals surface area (Å²) in [6.45, 7) is 1.27. The lowest BCUT2D eigenvalue weighted by Crippen LogP contribution is -2.18. The topological polar surface area (TPSA) is 46.8 Å². The van der Waals surface area contributed by atoms with Crippen molar-refractivity contribution >= 4 is 11.0 Å². The van der Waals surface area contributed by atoms with Crippen LogP contribution in [0, 0.1) is 5.82 Å². The van der Waals surface area contributed by atoms with E-state index in [2.05, 4.69) is 20.0 Å². The van der Waals surface area contributed by atoms with Crippen LogP contribution in [0.2, 0.25) is 0 Å². The lowest BCUT2D eigenvalue weighted by atomic mass is 10.1. The molecule has 4 aromatic rings. The third-order valence-electron chi connectivity index (χ3n) is 4.40. The molecule has 0 bridgehead atoms. The van der Waals surface area contributed by atoms with Crippen molar-refractivity contribution in [3.05, 3.63) is 78.0 Å². The number of hydrogen-bond donors (Lipinski definition) is 0. The quantitative estimate of drug-likeness (QED) is 0.542. The third kappa shape index (κ3) is 3.71. The molecule has 136 valence electrons. The Labute approximate surface area is 157 Å². The maximum atomic E-state index is 14.2. The first-order valence-corrected chi connectivity index (χ1v) is 8.77. The molecule has 0 aliphatic carbocycles. The van der Waals surface area contributed by atoms with Crippen molar-refractivity contribution in [2.75, 3.05) is 7.05 Å². The second-order valence-corrected chi connectivity index (χ2v) is 6.68. The van der Waals surface area contributed by atoms with Crippen LogP contribution in [-0.4, -0.2) is 31.7 Å². The molecule has 5 nitrogen and oxygen atoms in total. The molecule has 0 atom stereocenters. The lowest BCUT2D eigenvalue weighted by molar-refractivity contribution is 0.315. The second-order valence-electron chi connectivity index (χ2n) is 6.68. The van der Waals surface area contributed by atoms with E-state index < -0.39 is 0 Å². The molecule has 2 heterocycles. The van der Waals surface area contributed by atoms with Gasteiger partial charge < -0.3 is 0 Å². The van der Waals surface area contributed by atoms with Gasteiger partial charge in [0.25, 0.3) is 0 Å². The van der Waals surface area contributed by atoms with E-state index in [0.717, 1.165) is 22.3 Å². The highest BCUT2D eigenvalue weighted by atomic mass is 19.1. The number of benzene rings is 2. The number of hydrogen-bond acceptors (Lipinski definition) is 4. The highest BCUT2D eigenvalue weighted by molar-refractivity contribution is 5.73. The van der Waals surface area contributed by atoms with Gasteiger partial charge in [0, 0.05) is 37.5 Å². The Morgan fingerprint density at radius 2 is 1.74 bits per heavy atom. The molecule has 0 spiro atoms. The Kier molecular flexibility index (Phi) is 4.64. The maximum absolute atomic E-state index is 14.2. The van der Waals surface area contributed by atoms with Gasteiger partial charge in [-0.05, 0) is 31.3 Å². The second kappa shape index (κ2) is 7.25. The van der Waals surface area contributed by atoms with Crippen molar-refractivity contribution in [2.45, 2.75) is 13.1 Å². The number of para-hydroxylation sites is 2. The number of aromatic nitrogens is 4. The summed E-state index contributed by atoms with van der Waals surface area (Å²) >= 11 is 0. The van der Waals surface area contributed by atoms with Crippen molar-refractivity contribution in [3.8, 4) is 11.3 Å². The number of aryl methyl sites for hydroxylation is 1. The molecule has 2 aromatic heterocycles. The van der Waals surface area contributed by atoms with E-state index in [9.17, 15) is 4.39 Å². The smallest absolute Gasteiger partial charge is 0.132 e. The van der Waals surface area contributed by atoms with Crippen LogP contribution in [0.25, 0.3) is 22.3 Å². The van der Waals surface area contributed by atoms with Gasteiger partial charge in [-0.25, -0.2) is 9.37 Å². The first kappa shape index (κ1) is 17.3. The fraction of sp³-hybridized carbons (Fsp3) is 0.190. The van der Waals surface area contributed by atoms with Crippen LogP contribution in [0.3, 0.4) is 0 Å². The Bertz CT molecular complexity index is 1090. The molecule has 0 N–H and O–H groups in total. The zero-order valence-corrected chi connectivity index (χ0v) is 15.3. The van der Waals surface area contributed by atoms with Gasteiger partial charge in [0.2, 0.25) is 0 Å². The molecule has 27 heavy (non-hydrogen) atoms. The minimum atomic E-state index is -0.263. The van der Waals surface area contributed by atoms with Crippen molar-refractivity contribution in [1.82, 2.24) is 24.6 Å². The first-order valence-electron chi connectivity index (χ1n) is 8.77. The lowest BCUT2D eigenvalue weighted by Gasteiger charge is -2.16. The van der Waals surface area contributed by atoms with Crippen LogP contribution in [0.1, 0.15) is 11.3 Å². The van der Waals surface area contributed by atoms with Crippen molar-refractivity contribution in [1.29, 1.82) is 0 Å². The number of halogens is 1. The van der Waals surface area contributed by atoms with E-state index in [4.69, 9.17) is 0 Å². The average Bonchev–Trinajstić information content (AvgIpc) is 3.01. The fourth-order valence-electron chi connectivity index (χ4n) is 3.23. The van der Waals surface area contributed by atoms with Gasteiger partial charge in [-0.2, -0.15) is 5.10 Å². The predicted molar refractivity (Wildman–Crippen MR) is 103 cm³/mol. The fourth-order valence-corrected chi connectivity index (χ4v) is 3.23. The summed E-state index contributed by atoms with van der Waals surface area (Å²) in [6.07, 6.45) is 3.74. The summed E-state index contributed by atoms with van der Waals surface area (Å²) in [5.41, 5.74) is 4.83. The third-order valence-corrected chi connectivity index (χ3v) is 4.40. The average molecular weight is 361 g/mol. The van der Waals surface area contributed by atoms with Gasteiger partial charge >= 0.3 is 0 Å². The standard InChI is InChI=1S/C21H20FN5/c1-26(14-16-11-23-19-9-5-6-10-20(19)24-16)12-15-13-27(2)25-21(15)17-7-3-4-8-18(17)22/h3-11,13H,12,14H2,1-2H3. The Morgan fingerprint density at radius 1 is 1.00 bits per heavy atom. The van der Waals surface area contributed by atoms with Gasteiger partial charge in [-0.1, -0.05) is 24.3 Å². The molecule has 0 unspecified atom stereocenters. The van der Waals surface area contributed by atoms with Gasteiger partial charge in [0.1, 0.15) is 5.82 Å². The molecule has 0 saturated carbocycles. The molecule has 0 fully saturated rings. The number of fused-ring (bicyclic) bond motifs is 1. The largest absolute Gasteiger partial charge is 0.296 e. The molecular weight excluding hydrogens is 341 g/mol. The van der Waals surface area contributed by atoms with Crippen molar-refractivity contribution < 1.29 is 4.39 Å². The summed E-state index contributed by atoms with van der Waals surface area (Å²) in [6, 6.07) is 14.6. The zero-order chi connectivity index (χ0) is 18.8. The SMILES string of the molecule is CN(Cc1cnc2ccccc2n1)Cc1cn(C)nc1-c1ccccc1F. The molecule has 2 aromatic carbocycles. The maximum Gasteiger partial charge on any atom is 0.132 e. The Balaban J connectivity index is 1.56. The van der Waals surface area contributed by atoms with E-state index >= 15 is 0 Å². The van der Waals surface area contributed by atoms with Crippen molar-refractivity contribution in [2.24, 2.45) is 7.05 Å². The highest BCUT2D eigenvalue weighted by Gasteiger charge is 2.15. The Morgan fingerprint density at radius 3 is 2.56 bits per heavy atom. The van der Waals surface area contributed by atoms with E-state index in [1.165, 1.54) is 6.07 Å². The molecular formula is C21H20FN5. The van der Waals surface area contributed by atoms with Crippen LogP contribution in [-0.2, 0) is 20.1 Å². The monoisotopic (exact) mass is 361 g/mol. The molecule has 0 aliphatic rings. The Hall–Kier alpha value is -3.12. The predicted octanol–water partition coefficient (Wildman–Crippen LogP) is 3.80. The van der Waals surface area contributed by atoms with Crippen LogP contribution >= 0.6 is 0 Å². The minimum Gasteiger partial charge on any atom is -0.296 e. The molecule has 0 radical (unpaired) electrons. The van der Waals surface area contributed by atoms with Crippen LogP contribution in [0.15, 0.2) is 60.9 Å². The van der Waals surface area contributed by atoms with Crippen LogP contribution < -0.4 is 0 Å². The van der Waals surface area contributed by atoms with Gasteiger partial charge in [0.05, 0.1) is 28.6 Å². The summed E-state index contributed by atoms with van der Waals surface area (Å²) < 4.78 is 15.9. The molecule has 0 saturated heterocycles. The van der Waals surface area contributed by atoms with Gasteiger partial charge in [0.15, 0.2) is 0 Å². The van der Waals surface area contributed by atoms with Gasteiger partial charge in [-0.15, -0.1) is 0 Å². The van der Waals surface area contributed by atoms with E-state index in [1.54, 1.807) is 23.0 Å². The van der Waals surface area contributed by atoms with E-state index in [1.807, 2.05) is 50.6 Å². The summed E-state index contributed by atoms with van der Waals surface area (Å²) in [7, 11) is 3.86. The van der Waals surface area contributed by atoms with Crippen molar-refractivity contribution in [3.63, 3.8) is 0 Å². The zero-order valence-electron chi connectivity index (χ0n) is 15.3. The summed E-state index contributed by atoms with van der Waals surface area (Å²) in [5.74, 6) is -0.263. The number of nitrogens with zero attached hydrogens (tertiary/aromatic N) is 5. The highest BCUT2D eigenvalue weighted by Crippen LogP contribution is 2.25. The van der Waals surface area contributed by atoms with Gasteiger partial charge in [-0.3, -0.25) is 14.6 Å². The first-order chi connectivity index (χ1) is 13.1. The van der Waals surface area contributed by atoms with E-state index in [0.29, 0.717) is 24.3 Å². The molecule has 4 rings (SSSR count). The number of rotatable bonds is 5.